The largest absolute Gasteiger partial charge is 0.353 e. The zero-order chi connectivity index (χ0) is 16.1. The average molecular weight is 339 g/mol. The lowest BCUT2D eigenvalue weighted by Crippen LogP contribution is -2.48. The van der Waals surface area contributed by atoms with E-state index in [9.17, 15) is 4.79 Å². The Bertz CT molecular complexity index is 487. The van der Waals surface area contributed by atoms with Crippen LogP contribution >= 0.6 is 12.4 Å². The third-order valence-electron chi connectivity index (χ3n) is 4.80. The standard InChI is InChI=1S/C19H30N2O.ClH/c1-13(2)16-5-7-17(8-6-16)14(3)11-19(22)21-18-9-10-20-12-15(18)4;/h5-8,13-15,18,20H,9-12H2,1-4H3,(H,21,22);1H. The third kappa shape index (κ3) is 5.82. The molecule has 1 aliphatic heterocycles. The van der Waals surface area contributed by atoms with Crippen LogP contribution in [-0.4, -0.2) is 25.0 Å². The number of carbonyl (C=O) groups excluding carboxylic acids is 1. The average Bonchev–Trinajstić information content (AvgIpc) is 2.49. The van der Waals surface area contributed by atoms with Gasteiger partial charge in [0.05, 0.1) is 0 Å². The number of hydrogen-bond donors (Lipinski definition) is 2. The summed E-state index contributed by atoms with van der Waals surface area (Å²) in [5, 5.41) is 6.59. The summed E-state index contributed by atoms with van der Waals surface area (Å²) in [6, 6.07) is 9.03. The molecule has 1 aliphatic rings. The van der Waals surface area contributed by atoms with Gasteiger partial charge in [-0.2, -0.15) is 0 Å². The molecule has 1 saturated heterocycles. The highest BCUT2D eigenvalue weighted by molar-refractivity contribution is 5.85. The van der Waals surface area contributed by atoms with Gasteiger partial charge in [0, 0.05) is 12.5 Å². The first-order chi connectivity index (χ1) is 10.5. The lowest BCUT2D eigenvalue weighted by Gasteiger charge is -2.30. The number of hydrogen-bond acceptors (Lipinski definition) is 2. The van der Waals surface area contributed by atoms with Crippen LogP contribution in [0.1, 0.15) is 63.5 Å². The monoisotopic (exact) mass is 338 g/mol. The van der Waals surface area contributed by atoms with Crippen molar-refractivity contribution >= 4 is 18.3 Å². The highest BCUT2D eigenvalue weighted by Crippen LogP contribution is 2.22. The van der Waals surface area contributed by atoms with Gasteiger partial charge >= 0.3 is 0 Å². The predicted molar refractivity (Wildman–Crippen MR) is 99.4 cm³/mol. The molecular weight excluding hydrogens is 308 g/mol. The summed E-state index contributed by atoms with van der Waals surface area (Å²) < 4.78 is 0. The molecule has 3 atom stereocenters. The van der Waals surface area contributed by atoms with Gasteiger partial charge in [-0.25, -0.2) is 0 Å². The minimum Gasteiger partial charge on any atom is -0.353 e. The number of rotatable bonds is 5. The zero-order valence-corrected chi connectivity index (χ0v) is 15.6. The van der Waals surface area contributed by atoms with Crippen molar-refractivity contribution in [2.75, 3.05) is 13.1 Å². The van der Waals surface area contributed by atoms with Crippen molar-refractivity contribution in [3.8, 4) is 0 Å². The lowest BCUT2D eigenvalue weighted by molar-refractivity contribution is -0.122. The van der Waals surface area contributed by atoms with E-state index in [-0.39, 0.29) is 24.2 Å². The van der Waals surface area contributed by atoms with Gasteiger partial charge in [0.15, 0.2) is 0 Å². The second kappa shape index (κ2) is 9.29. The first-order valence-corrected chi connectivity index (χ1v) is 8.57. The minimum absolute atomic E-state index is 0. The van der Waals surface area contributed by atoms with Crippen molar-refractivity contribution in [2.24, 2.45) is 5.92 Å². The molecule has 1 aromatic carbocycles. The highest BCUT2D eigenvalue weighted by Gasteiger charge is 2.23. The van der Waals surface area contributed by atoms with E-state index in [0.29, 0.717) is 24.3 Å². The summed E-state index contributed by atoms with van der Waals surface area (Å²) >= 11 is 0. The summed E-state index contributed by atoms with van der Waals surface area (Å²) in [7, 11) is 0. The molecule has 4 heteroatoms. The van der Waals surface area contributed by atoms with Crippen molar-refractivity contribution in [2.45, 2.75) is 58.4 Å². The lowest BCUT2D eigenvalue weighted by atomic mass is 9.92. The fraction of sp³-hybridized carbons (Fsp3) is 0.632. The van der Waals surface area contributed by atoms with E-state index >= 15 is 0 Å². The number of nitrogens with one attached hydrogen (secondary N) is 2. The maximum atomic E-state index is 12.3. The molecule has 1 heterocycles. The summed E-state index contributed by atoms with van der Waals surface area (Å²) in [5.74, 6) is 1.50. The minimum atomic E-state index is 0. The van der Waals surface area contributed by atoms with Gasteiger partial charge in [-0.1, -0.05) is 52.0 Å². The normalized spacial score (nSPS) is 22.3. The number of benzene rings is 1. The summed E-state index contributed by atoms with van der Waals surface area (Å²) in [6.45, 7) is 10.7. The molecule has 2 N–H and O–H groups in total. The number of carbonyl (C=O) groups is 1. The summed E-state index contributed by atoms with van der Waals surface area (Å²) in [4.78, 5) is 12.3. The van der Waals surface area contributed by atoms with Crippen LogP contribution in [0.5, 0.6) is 0 Å². The van der Waals surface area contributed by atoms with Crippen LogP contribution in [0, 0.1) is 5.92 Å². The molecule has 0 aliphatic carbocycles. The van der Waals surface area contributed by atoms with Gasteiger partial charge < -0.3 is 10.6 Å². The molecule has 0 spiro atoms. The first kappa shape index (κ1) is 20.0. The van der Waals surface area contributed by atoms with Gasteiger partial charge in [-0.05, 0) is 48.4 Å². The van der Waals surface area contributed by atoms with E-state index in [1.54, 1.807) is 0 Å². The van der Waals surface area contributed by atoms with Gasteiger partial charge in [0.1, 0.15) is 0 Å². The maximum Gasteiger partial charge on any atom is 0.220 e. The predicted octanol–water partition coefficient (Wildman–Crippen LogP) is 3.84. The van der Waals surface area contributed by atoms with E-state index in [2.05, 4.69) is 62.6 Å². The Kier molecular flexibility index (Phi) is 8.07. The zero-order valence-electron chi connectivity index (χ0n) is 14.8. The van der Waals surface area contributed by atoms with Crippen LogP contribution in [0.3, 0.4) is 0 Å². The van der Waals surface area contributed by atoms with Crippen LogP contribution in [0.2, 0.25) is 0 Å². The van der Waals surface area contributed by atoms with Gasteiger partial charge in [0.25, 0.3) is 0 Å². The highest BCUT2D eigenvalue weighted by atomic mass is 35.5. The van der Waals surface area contributed by atoms with E-state index < -0.39 is 0 Å². The molecule has 1 fully saturated rings. The number of piperidine rings is 1. The van der Waals surface area contributed by atoms with Crippen molar-refractivity contribution < 1.29 is 4.79 Å². The van der Waals surface area contributed by atoms with E-state index in [4.69, 9.17) is 0 Å². The molecule has 3 unspecified atom stereocenters. The second-order valence-corrected chi connectivity index (χ2v) is 7.07. The Balaban J connectivity index is 0.00000264. The van der Waals surface area contributed by atoms with E-state index in [1.165, 1.54) is 11.1 Å². The summed E-state index contributed by atoms with van der Waals surface area (Å²) in [6.07, 6.45) is 1.60. The Hall–Kier alpha value is -1.06. The Morgan fingerprint density at radius 3 is 2.39 bits per heavy atom. The van der Waals surface area contributed by atoms with Crippen LogP contribution in [0.4, 0.5) is 0 Å². The molecule has 23 heavy (non-hydrogen) atoms. The van der Waals surface area contributed by atoms with Gasteiger partial charge in [0.2, 0.25) is 5.91 Å². The van der Waals surface area contributed by atoms with Gasteiger partial charge in [-0.15, -0.1) is 12.4 Å². The van der Waals surface area contributed by atoms with E-state index in [1.807, 2.05) is 0 Å². The molecule has 0 bridgehead atoms. The Morgan fingerprint density at radius 1 is 1.22 bits per heavy atom. The maximum absolute atomic E-state index is 12.3. The molecule has 130 valence electrons. The Morgan fingerprint density at radius 2 is 1.83 bits per heavy atom. The molecule has 0 aromatic heterocycles. The SMILES string of the molecule is CC(C)c1ccc(C(C)CC(=O)NC2CCNCC2C)cc1.Cl. The topological polar surface area (TPSA) is 41.1 Å². The van der Waals surface area contributed by atoms with Crippen LogP contribution in [-0.2, 0) is 4.79 Å². The Labute approximate surface area is 147 Å². The van der Waals surface area contributed by atoms with Crippen LogP contribution in [0.15, 0.2) is 24.3 Å². The molecule has 0 saturated carbocycles. The molecule has 3 nitrogen and oxygen atoms in total. The number of amides is 1. The molecule has 2 rings (SSSR count). The molecular formula is C19H31ClN2O. The molecule has 1 aromatic rings. The van der Waals surface area contributed by atoms with Crippen molar-refractivity contribution in [3.05, 3.63) is 35.4 Å². The van der Waals surface area contributed by atoms with Crippen molar-refractivity contribution in [3.63, 3.8) is 0 Å². The van der Waals surface area contributed by atoms with Crippen molar-refractivity contribution in [1.29, 1.82) is 0 Å². The molecule has 1 amide bonds. The van der Waals surface area contributed by atoms with Crippen LogP contribution < -0.4 is 10.6 Å². The molecule has 0 radical (unpaired) electrons. The summed E-state index contributed by atoms with van der Waals surface area (Å²) in [5.41, 5.74) is 2.60. The first-order valence-electron chi connectivity index (χ1n) is 8.57. The number of halogens is 1. The smallest absolute Gasteiger partial charge is 0.220 e. The fourth-order valence-corrected chi connectivity index (χ4v) is 3.10. The van der Waals surface area contributed by atoms with Crippen molar-refractivity contribution in [1.82, 2.24) is 10.6 Å². The third-order valence-corrected chi connectivity index (χ3v) is 4.80. The van der Waals surface area contributed by atoms with Gasteiger partial charge in [-0.3, -0.25) is 4.79 Å². The van der Waals surface area contributed by atoms with Crippen LogP contribution in [0.25, 0.3) is 0 Å². The fourth-order valence-electron chi connectivity index (χ4n) is 3.10. The second-order valence-electron chi connectivity index (χ2n) is 7.07. The van der Waals surface area contributed by atoms with E-state index in [0.717, 1.165) is 19.5 Å². The quantitative estimate of drug-likeness (QED) is 0.856.